The lowest BCUT2D eigenvalue weighted by molar-refractivity contribution is -0.223. The number of benzene rings is 1. The number of hydrogen-bond acceptors (Lipinski definition) is 5. The van der Waals surface area contributed by atoms with Gasteiger partial charge in [-0.05, 0) is 68.7 Å². The van der Waals surface area contributed by atoms with Gasteiger partial charge in [0.05, 0.1) is 0 Å². The minimum atomic E-state index is -0.843. The average Bonchev–Trinajstić information content (AvgIpc) is 3.42. The van der Waals surface area contributed by atoms with Crippen LogP contribution in [0, 0.1) is 28.6 Å². The van der Waals surface area contributed by atoms with E-state index in [-0.39, 0.29) is 5.41 Å². The zero-order valence-electron chi connectivity index (χ0n) is 17.0. The monoisotopic (exact) mass is 406 g/mol. The van der Waals surface area contributed by atoms with E-state index in [1.54, 1.807) is 5.06 Å². The highest BCUT2D eigenvalue weighted by atomic mass is 31.0. The molecule has 1 aliphatic heterocycles. The standard InChI is InChI=1S/C23H27N4OP/c1-14(29)18-13-22(10-9-20(18)24)12-17-8-7-16(6-5-15-3-4-15)11-19(17)23(22)26-21(25)27(2)28-23/h7-8,11,15,24H,3-4,9-10,12-13,29H2,1-2H3,(H2,25,26)/b18-14-,24-20?. The third-order valence-corrected chi connectivity index (χ3v) is 7.14. The summed E-state index contributed by atoms with van der Waals surface area (Å²) in [6.45, 7) is 2.06. The Morgan fingerprint density at radius 1 is 1.38 bits per heavy atom. The van der Waals surface area contributed by atoms with Crippen molar-refractivity contribution in [3.63, 3.8) is 0 Å². The number of guanidine groups is 1. The Morgan fingerprint density at radius 3 is 2.83 bits per heavy atom. The number of aliphatic imine (C=N–C) groups is 1. The van der Waals surface area contributed by atoms with Crippen molar-refractivity contribution in [1.82, 2.24) is 5.06 Å². The van der Waals surface area contributed by atoms with Crippen LogP contribution in [0.2, 0.25) is 0 Å². The topological polar surface area (TPSA) is 74.7 Å². The van der Waals surface area contributed by atoms with E-state index in [4.69, 9.17) is 21.0 Å². The van der Waals surface area contributed by atoms with E-state index < -0.39 is 5.72 Å². The van der Waals surface area contributed by atoms with E-state index in [1.165, 1.54) is 18.4 Å². The van der Waals surface area contributed by atoms with Gasteiger partial charge >= 0.3 is 0 Å². The van der Waals surface area contributed by atoms with Gasteiger partial charge in [0.15, 0.2) is 0 Å². The lowest BCUT2D eigenvalue weighted by Gasteiger charge is -2.44. The molecule has 0 amide bonds. The molecular weight excluding hydrogens is 379 g/mol. The minimum Gasteiger partial charge on any atom is -0.368 e. The Kier molecular flexibility index (Phi) is 4.18. The molecule has 2 fully saturated rings. The van der Waals surface area contributed by atoms with Crippen LogP contribution in [-0.2, 0) is 17.0 Å². The predicted molar refractivity (Wildman–Crippen MR) is 118 cm³/mol. The van der Waals surface area contributed by atoms with Crippen LogP contribution in [-0.4, -0.2) is 23.8 Å². The number of allylic oxidation sites excluding steroid dienone is 2. The second-order valence-corrected chi connectivity index (χ2v) is 9.76. The van der Waals surface area contributed by atoms with E-state index in [1.807, 2.05) is 7.05 Å². The van der Waals surface area contributed by atoms with E-state index in [0.29, 0.717) is 11.9 Å². The summed E-state index contributed by atoms with van der Waals surface area (Å²) >= 11 is 0. The van der Waals surface area contributed by atoms with E-state index in [2.05, 4.69) is 46.2 Å². The van der Waals surface area contributed by atoms with E-state index >= 15 is 0 Å². The van der Waals surface area contributed by atoms with Crippen molar-refractivity contribution < 1.29 is 4.84 Å². The highest BCUT2D eigenvalue weighted by Gasteiger charge is 2.63. The molecule has 150 valence electrons. The summed E-state index contributed by atoms with van der Waals surface area (Å²) in [6, 6.07) is 6.47. The van der Waals surface area contributed by atoms with Crippen LogP contribution in [0.5, 0.6) is 0 Å². The van der Waals surface area contributed by atoms with Gasteiger partial charge in [0.2, 0.25) is 11.7 Å². The molecule has 3 unspecified atom stereocenters. The van der Waals surface area contributed by atoms with Gasteiger partial charge in [0.1, 0.15) is 0 Å². The lowest BCUT2D eigenvalue weighted by Crippen LogP contribution is -2.46. The maximum absolute atomic E-state index is 8.46. The van der Waals surface area contributed by atoms with Crippen LogP contribution in [0.1, 0.15) is 55.7 Å². The highest BCUT2D eigenvalue weighted by molar-refractivity contribution is 7.22. The third-order valence-electron chi connectivity index (χ3n) is 6.79. The summed E-state index contributed by atoms with van der Waals surface area (Å²) in [4.78, 5) is 11.4. The highest BCUT2D eigenvalue weighted by Crippen LogP contribution is 2.62. The normalized spacial score (nSPS) is 32.3. The van der Waals surface area contributed by atoms with Crippen LogP contribution >= 0.6 is 9.24 Å². The molecule has 0 bridgehead atoms. The average molecular weight is 406 g/mol. The summed E-state index contributed by atoms with van der Waals surface area (Å²) in [5, 5.41) is 11.2. The van der Waals surface area contributed by atoms with Crippen molar-refractivity contribution in [2.75, 3.05) is 7.05 Å². The first-order valence-electron chi connectivity index (χ1n) is 10.3. The fraction of sp³-hybridized carbons (Fsp3) is 0.478. The number of nitrogens with zero attached hydrogens (tertiary/aromatic N) is 2. The van der Waals surface area contributed by atoms with Gasteiger partial charge in [-0.25, -0.2) is 14.9 Å². The second-order valence-electron chi connectivity index (χ2n) is 8.89. The van der Waals surface area contributed by atoms with Gasteiger partial charge in [-0.1, -0.05) is 23.2 Å². The quantitative estimate of drug-likeness (QED) is 0.510. The summed E-state index contributed by atoms with van der Waals surface area (Å²) in [5.74, 6) is 7.67. The number of fused-ring (bicyclic) bond motifs is 3. The smallest absolute Gasteiger partial charge is 0.221 e. The number of rotatable bonds is 0. The Morgan fingerprint density at radius 2 is 2.17 bits per heavy atom. The summed E-state index contributed by atoms with van der Waals surface area (Å²) in [5.41, 5.74) is 10.3. The van der Waals surface area contributed by atoms with Crippen LogP contribution in [0.4, 0.5) is 0 Å². The van der Waals surface area contributed by atoms with Gasteiger partial charge in [-0.3, -0.25) is 0 Å². The number of hydrogen-bond donors (Lipinski definition) is 2. The van der Waals surface area contributed by atoms with Crippen molar-refractivity contribution in [3.8, 4) is 11.8 Å². The summed E-state index contributed by atoms with van der Waals surface area (Å²) in [6.07, 6.45) is 5.66. The number of nitrogens with one attached hydrogen (secondary N) is 1. The maximum atomic E-state index is 8.46. The largest absolute Gasteiger partial charge is 0.368 e. The van der Waals surface area contributed by atoms with Gasteiger partial charge in [-0.2, -0.15) is 0 Å². The fourth-order valence-electron chi connectivity index (χ4n) is 4.99. The molecular formula is C23H27N4OP. The zero-order chi connectivity index (χ0) is 20.4. The Labute approximate surface area is 174 Å². The molecule has 4 aliphatic rings. The van der Waals surface area contributed by atoms with Crippen molar-refractivity contribution >= 4 is 20.9 Å². The number of hydroxylamine groups is 2. The molecule has 3 atom stereocenters. The first-order valence-corrected chi connectivity index (χ1v) is 10.9. The molecule has 1 aromatic carbocycles. The molecule has 3 N–H and O–H groups in total. The van der Waals surface area contributed by atoms with Crippen LogP contribution in [0.25, 0.3) is 0 Å². The molecule has 2 spiro atoms. The molecule has 0 aromatic heterocycles. The molecule has 5 nitrogen and oxygen atoms in total. The Bertz CT molecular complexity index is 1040. The van der Waals surface area contributed by atoms with E-state index in [9.17, 15) is 0 Å². The van der Waals surface area contributed by atoms with E-state index in [0.717, 1.165) is 53.4 Å². The molecule has 29 heavy (non-hydrogen) atoms. The Hall–Kier alpha value is -2.15. The molecule has 5 rings (SSSR count). The molecule has 2 saturated carbocycles. The van der Waals surface area contributed by atoms with Crippen molar-refractivity contribution in [3.05, 3.63) is 45.8 Å². The second kappa shape index (κ2) is 6.42. The van der Waals surface area contributed by atoms with Crippen LogP contribution in [0.15, 0.2) is 34.1 Å². The van der Waals surface area contributed by atoms with Crippen molar-refractivity contribution in [1.29, 1.82) is 5.41 Å². The third kappa shape index (κ3) is 2.85. The molecule has 6 heteroatoms. The van der Waals surface area contributed by atoms with Gasteiger partial charge in [0, 0.05) is 35.2 Å². The summed E-state index contributed by atoms with van der Waals surface area (Å²) in [7, 11) is 4.59. The van der Waals surface area contributed by atoms with Crippen LogP contribution < -0.4 is 5.73 Å². The molecule has 1 heterocycles. The zero-order valence-corrected chi connectivity index (χ0v) is 18.2. The van der Waals surface area contributed by atoms with Crippen molar-refractivity contribution in [2.45, 2.75) is 51.2 Å². The van der Waals surface area contributed by atoms with Gasteiger partial charge in [0.25, 0.3) is 0 Å². The lowest BCUT2D eigenvalue weighted by atomic mass is 9.65. The SMILES string of the molecule is C/C(P)=C1\CC2(CCC1=N)Cc1ccc(C#CC3CC3)cc1C21N=C(N)N(C)O1. The van der Waals surface area contributed by atoms with Crippen molar-refractivity contribution in [2.24, 2.45) is 22.1 Å². The molecule has 0 radical (unpaired) electrons. The molecule has 3 aliphatic carbocycles. The predicted octanol–water partition coefficient (Wildman–Crippen LogP) is 3.69. The fourth-order valence-corrected chi connectivity index (χ4v) is 5.27. The van der Waals surface area contributed by atoms with Gasteiger partial charge in [-0.15, -0.1) is 9.24 Å². The number of nitrogens with two attached hydrogens (primary N) is 1. The molecule has 1 aromatic rings. The first-order chi connectivity index (χ1) is 13.8. The molecule has 0 saturated heterocycles. The van der Waals surface area contributed by atoms with Crippen LogP contribution in [0.3, 0.4) is 0 Å². The minimum absolute atomic E-state index is 0.245. The van der Waals surface area contributed by atoms with Gasteiger partial charge < -0.3 is 11.1 Å². The first kappa shape index (κ1) is 18.9. The summed E-state index contributed by atoms with van der Waals surface area (Å²) < 4.78 is 0. The Balaban J connectivity index is 1.65. The maximum Gasteiger partial charge on any atom is 0.221 e.